The van der Waals surface area contributed by atoms with Gasteiger partial charge in [0.2, 0.25) is 0 Å². The maximum absolute atomic E-state index is 5.92. The van der Waals surface area contributed by atoms with Crippen LogP contribution in [0.3, 0.4) is 0 Å². The number of halogens is 2. The van der Waals surface area contributed by atoms with Crippen molar-refractivity contribution in [2.45, 2.75) is 5.16 Å². The summed E-state index contributed by atoms with van der Waals surface area (Å²) < 4.78 is 0. The van der Waals surface area contributed by atoms with Crippen LogP contribution in [0.2, 0.25) is 10.0 Å². The van der Waals surface area contributed by atoms with E-state index in [0.717, 1.165) is 22.5 Å². The van der Waals surface area contributed by atoms with Crippen LogP contribution in [-0.4, -0.2) is 9.97 Å². The number of nitrogens with one attached hydrogen (secondary N) is 1. The Hall–Kier alpha value is -1.42. The SMILES string of the molecule is Sc1nc(-c2ccc(Cl)cc2)c(-c2ccc(Cl)cc2)[nH]1. The number of thiol groups is 1. The monoisotopic (exact) mass is 320 g/mol. The molecule has 1 N–H and O–H groups in total. The molecule has 20 heavy (non-hydrogen) atoms. The van der Waals surface area contributed by atoms with Crippen LogP contribution < -0.4 is 0 Å². The number of benzene rings is 2. The molecule has 0 amide bonds. The molecule has 0 aliphatic carbocycles. The second-order valence-electron chi connectivity index (χ2n) is 4.30. The van der Waals surface area contributed by atoms with Gasteiger partial charge in [-0.15, -0.1) is 12.6 Å². The van der Waals surface area contributed by atoms with E-state index in [2.05, 4.69) is 22.6 Å². The third-order valence-corrected chi connectivity index (χ3v) is 3.66. The minimum Gasteiger partial charge on any atom is -0.333 e. The van der Waals surface area contributed by atoms with Crippen molar-refractivity contribution >= 4 is 35.8 Å². The van der Waals surface area contributed by atoms with Crippen molar-refractivity contribution in [2.75, 3.05) is 0 Å². The van der Waals surface area contributed by atoms with Crippen molar-refractivity contribution in [1.82, 2.24) is 9.97 Å². The number of rotatable bonds is 2. The van der Waals surface area contributed by atoms with Crippen LogP contribution in [0.1, 0.15) is 0 Å². The third kappa shape index (κ3) is 2.70. The van der Waals surface area contributed by atoms with E-state index in [4.69, 9.17) is 23.2 Å². The van der Waals surface area contributed by atoms with E-state index in [0.29, 0.717) is 15.2 Å². The van der Waals surface area contributed by atoms with Crippen LogP contribution in [0.15, 0.2) is 53.7 Å². The smallest absolute Gasteiger partial charge is 0.163 e. The number of aromatic amines is 1. The average Bonchev–Trinajstić information content (AvgIpc) is 2.82. The molecular formula is C15H10Cl2N2S. The molecule has 0 radical (unpaired) electrons. The van der Waals surface area contributed by atoms with Crippen molar-refractivity contribution in [3.63, 3.8) is 0 Å². The molecule has 100 valence electrons. The van der Waals surface area contributed by atoms with Gasteiger partial charge in [-0.25, -0.2) is 4.98 Å². The van der Waals surface area contributed by atoms with E-state index in [1.165, 1.54) is 0 Å². The lowest BCUT2D eigenvalue weighted by molar-refractivity contribution is 1.07. The van der Waals surface area contributed by atoms with E-state index >= 15 is 0 Å². The first-order valence-corrected chi connectivity index (χ1v) is 7.14. The molecule has 0 unspecified atom stereocenters. The lowest BCUT2D eigenvalue weighted by Crippen LogP contribution is -1.83. The van der Waals surface area contributed by atoms with Crippen molar-refractivity contribution in [3.8, 4) is 22.5 Å². The van der Waals surface area contributed by atoms with Gasteiger partial charge in [0.25, 0.3) is 0 Å². The van der Waals surface area contributed by atoms with E-state index in [1.807, 2.05) is 48.5 Å². The molecule has 3 aromatic rings. The summed E-state index contributed by atoms with van der Waals surface area (Å²) in [6.45, 7) is 0. The van der Waals surface area contributed by atoms with Crippen molar-refractivity contribution in [3.05, 3.63) is 58.6 Å². The van der Waals surface area contributed by atoms with Crippen LogP contribution in [0, 0.1) is 0 Å². The number of hydrogen-bond acceptors (Lipinski definition) is 2. The zero-order valence-corrected chi connectivity index (χ0v) is 12.7. The molecule has 2 aromatic carbocycles. The van der Waals surface area contributed by atoms with Gasteiger partial charge in [0.15, 0.2) is 5.16 Å². The highest BCUT2D eigenvalue weighted by molar-refractivity contribution is 7.80. The quantitative estimate of drug-likeness (QED) is 0.613. The van der Waals surface area contributed by atoms with Crippen molar-refractivity contribution in [2.24, 2.45) is 0 Å². The molecule has 1 heterocycles. The van der Waals surface area contributed by atoms with Gasteiger partial charge in [0, 0.05) is 21.2 Å². The highest BCUT2D eigenvalue weighted by Crippen LogP contribution is 2.32. The molecule has 0 spiro atoms. The number of nitrogens with zero attached hydrogens (tertiary/aromatic N) is 1. The molecule has 5 heteroatoms. The lowest BCUT2D eigenvalue weighted by Gasteiger charge is -2.03. The fourth-order valence-electron chi connectivity index (χ4n) is 2.00. The van der Waals surface area contributed by atoms with Crippen molar-refractivity contribution < 1.29 is 0 Å². The fraction of sp³-hybridized carbons (Fsp3) is 0. The standard InChI is InChI=1S/C15H10Cl2N2S/c16-11-5-1-9(2-6-11)13-14(19-15(20)18-13)10-3-7-12(17)8-4-10/h1-8H,(H2,18,19,20). The second-order valence-corrected chi connectivity index (χ2v) is 5.59. The average molecular weight is 321 g/mol. The molecule has 0 bridgehead atoms. The van der Waals surface area contributed by atoms with E-state index in [9.17, 15) is 0 Å². The van der Waals surface area contributed by atoms with Crippen LogP contribution in [0.5, 0.6) is 0 Å². The van der Waals surface area contributed by atoms with Gasteiger partial charge in [-0.05, 0) is 24.3 Å². The van der Waals surface area contributed by atoms with Gasteiger partial charge in [0.05, 0.1) is 11.4 Å². The fourth-order valence-corrected chi connectivity index (χ4v) is 2.47. The molecular weight excluding hydrogens is 311 g/mol. The zero-order chi connectivity index (χ0) is 14.1. The summed E-state index contributed by atoms with van der Waals surface area (Å²) in [4.78, 5) is 7.61. The largest absolute Gasteiger partial charge is 0.333 e. The number of H-pyrrole nitrogens is 1. The highest BCUT2D eigenvalue weighted by atomic mass is 35.5. The minimum absolute atomic E-state index is 0.569. The summed E-state index contributed by atoms with van der Waals surface area (Å²) >= 11 is 16.1. The van der Waals surface area contributed by atoms with E-state index in [-0.39, 0.29) is 0 Å². The van der Waals surface area contributed by atoms with Crippen LogP contribution in [-0.2, 0) is 0 Å². The minimum atomic E-state index is 0.569. The number of aromatic nitrogens is 2. The van der Waals surface area contributed by atoms with Crippen LogP contribution >= 0.6 is 35.8 Å². The molecule has 0 aliphatic heterocycles. The van der Waals surface area contributed by atoms with Gasteiger partial charge in [0.1, 0.15) is 0 Å². The van der Waals surface area contributed by atoms with Crippen LogP contribution in [0.25, 0.3) is 22.5 Å². The Bertz CT molecular complexity index is 671. The predicted molar refractivity (Wildman–Crippen MR) is 86.7 cm³/mol. The first-order valence-electron chi connectivity index (χ1n) is 5.94. The van der Waals surface area contributed by atoms with Gasteiger partial charge in [-0.3, -0.25) is 0 Å². The summed E-state index contributed by atoms with van der Waals surface area (Å²) in [7, 11) is 0. The van der Waals surface area contributed by atoms with Crippen molar-refractivity contribution in [1.29, 1.82) is 0 Å². The molecule has 2 nitrogen and oxygen atoms in total. The topological polar surface area (TPSA) is 28.7 Å². The maximum atomic E-state index is 5.92. The second kappa shape index (κ2) is 5.52. The van der Waals surface area contributed by atoms with E-state index in [1.54, 1.807) is 0 Å². The Morgan fingerprint density at radius 1 is 0.800 bits per heavy atom. The summed E-state index contributed by atoms with van der Waals surface area (Å²) in [5.41, 5.74) is 3.74. The zero-order valence-electron chi connectivity index (χ0n) is 10.3. The Morgan fingerprint density at radius 3 is 1.85 bits per heavy atom. The van der Waals surface area contributed by atoms with E-state index < -0.39 is 0 Å². The number of hydrogen-bond donors (Lipinski definition) is 2. The Balaban J connectivity index is 2.12. The summed E-state index contributed by atoms with van der Waals surface area (Å²) in [5.74, 6) is 0. The lowest BCUT2D eigenvalue weighted by atomic mass is 10.1. The molecule has 0 fully saturated rings. The molecule has 0 saturated carbocycles. The summed E-state index contributed by atoms with van der Waals surface area (Å²) in [5, 5.41) is 1.97. The van der Waals surface area contributed by atoms with Gasteiger partial charge in [-0.1, -0.05) is 47.5 Å². The van der Waals surface area contributed by atoms with Gasteiger partial charge in [-0.2, -0.15) is 0 Å². The molecule has 1 aromatic heterocycles. The Labute approximate surface area is 132 Å². The first kappa shape index (κ1) is 13.6. The van der Waals surface area contributed by atoms with Gasteiger partial charge < -0.3 is 4.98 Å². The third-order valence-electron chi connectivity index (χ3n) is 2.94. The highest BCUT2D eigenvalue weighted by Gasteiger charge is 2.12. The van der Waals surface area contributed by atoms with Crippen LogP contribution in [0.4, 0.5) is 0 Å². The predicted octanol–water partition coefficient (Wildman–Crippen LogP) is 5.34. The molecule has 0 aliphatic rings. The molecule has 0 atom stereocenters. The first-order chi connectivity index (χ1) is 9.63. The Kier molecular flexibility index (Phi) is 3.74. The maximum Gasteiger partial charge on any atom is 0.163 e. The normalized spacial score (nSPS) is 10.8. The number of imidazole rings is 1. The molecule has 0 saturated heterocycles. The molecule has 3 rings (SSSR count). The van der Waals surface area contributed by atoms with Gasteiger partial charge >= 0.3 is 0 Å². The summed E-state index contributed by atoms with van der Waals surface area (Å²) in [6, 6.07) is 15.1. The Morgan fingerprint density at radius 2 is 1.30 bits per heavy atom. The summed E-state index contributed by atoms with van der Waals surface area (Å²) in [6.07, 6.45) is 0.